The topological polar surface area (TPSA) is 48.1 Å². The first-order valence-corrected chi connectivity index (χ1v) is 5.50. The van der Waals surface area contributed by atoms with Crippen LogP contribution in [0, 0.1) is 13.8 Å². The molecule has 0 aliphatic rings. The van der Waals surface area contributed by atoms with Crippen molar-refractivity contribution >= 4 is 5.69 Å². The summed E-state index contributed by atoms with van der Waals surface area (Å²) < 4.78 is 5.24. The summed E-state index contributed by atoms with van der Waals surface area (Å²) in [4.78, 5) is 4.47. The number of pyridine rings is 1. The molecule has 0 spiro atoms. The monoisotopic (exact) mass is 228 g/mol. The Kier molecular flexibility index (Phi) is 3.00. The smallest absolute Gasteiger partial charge is 0.121 e. The molecule has 0 amide bonds. The molecule has 1 heterocycles. The predicted octanol–water partition coefficient (Wildman–Crippen LogP) is 2.96. The average molecular weight is 228 g/mol. The summed E-state index contributed by atoms with van der Waals surface area (Å²) in [6.07, 6.45) is 0. The fraction of sp³-hybridized carbons (Fsp3) is 0.214. The largest absolute Gasteiger partial charge is 0.496 e. The summed E-state index contributed by atoms with van der Waals surface area (Å²) in [7, 11) is 1.67. The summed E-state index contributed by atoms with van der Waals surface area (Å²) in [5.74, 6) is 0.890. The minimum Gasteiger partial charge on any atom is -0.496 e. The number of methoxy groups -OCH3 is 1. The van der Waals surface area contributed by atoms with Crippen molar-refractivity contribution < 1.29 is 4.74 Å². The second-order valence-electron chi connectivity index (χ2n) is 4.06. The lowest BCUT2D eigenvalue weighted by Gasteiger charge is -2.08. The third kappa shape index (κ3) is 2.23. The van der Waals surface area contributed by atoms with Gasteiger partial charge in [0.25, 0.3) is 0 Å². The van der Waals surface area contributed by atoms with E-state index in [0.717, 1.165) is 34.0 Å². The van der Waals surface area contributed by atoms with Gasteiger partial charge >= 0.3 is 0 Å². The van der Waals surface area contributed by atoms with E-state index in [9.17, 15) is 0 Å². The zero-order valence-electron chi connectivity index (χ0n) is 10.3. The van der Waals surface area contributed by atoms with Crippen LogP contribution in [0.2, 0.25) is 0 Å². The molecule has 3 nitrogen and oxygen atoms in total. The van der Waals surface area contributed by atoms with E-state index in [2.05, 4.69) is 11.1 Å². The van der Waals surface area contributed by atoms with Crippen molar-refractivity contribution in [3.63, 3.8) is 0 Å². The number of nitrogens with two attached hydrogens (primary N) is 1. The zero-order chi connectivity index (χ0) is 12.4. The van der Waals surface area contributed by atoms with Crippen molar-refractivity contribution in [1.82, 2.24) is 4.98 Å². The van der Waals surface area contributed by atoms with Crippen LogP contribution in [0.1, 0.15) is 11.3 Å². The van der Waals surface area contributed by atoms with Crippen LogP contribution >= 0.6 is 0 Å². The van der Waals surface area contributed by atoms with Gasteiger partial charge in [0.2, 0.25) is 0 Å². The van der Waals surface area contributed by atoms with Crippen LogP contribution in [0.3, 0.4) is 0 Å². The molecular weight excluding hydrogens is 212 g/mol. The van der Waals surface area contributed by atoms with Crippen LogP contribution in [-0.4, -0.2) is 12.1 Å². The van der Waals surface area contributed by atoms with Crippen molar-refractivity contribution in [2.45, 2.75) is 13.8 Å². The lowest BCUT2D eigenvalue weighted by molar-refractivity contribution is 0.412. The number of aromatic nitrogens is 1. The van der Waals surface area contributed by atoms with Gasteiger partial charge in [0.1, 0.15) is 5.75 Å². The van der Waals surface area contributed by atoms with E-state index in [1.54, 1.807) is 7.11 Å². The molecule has 0 bridgehead atoms. The molecular formula is C14H16N2O. The second kappa shape index (κ2) is 4.45. The molecule has 0 radical (unpaired) electrons. The first-order chi connectivity index (χ1) is 8.11. The van der Waals surface area contributed by atoms with Crippen LogP contribution < -0.4 is 10.5 Å². The van der Waals surface area contributed by atoms with Gasteiger partial charge in [-0.3, -0.25) is 4.98 Å². The van der Waals surface area contributed by atoms with E-state index < -0.39 is 0 Å². The van der Waals surface area contributed by atoms with Crippen LogP contribution in [0.4, 0.5) is 5.69 Å². The quantitative estimate of drug-likeness (QED) is 0.859. The summed E-state index contributed by atoms with van der Waals surface area (Å²) >= 11 is 0. The second-order valence-corrected chi connectivity index (χ2v) is 4.06. The minimum absolute atomic E-state index is 0.721. The molecule has 0 aliphatic heterocycles. The van der Waals surface area contributed by atoms with Crippen molar-refractivity contribution in [1.29, 1.82) is 0 Å². The van der Waals surface area contributed by atoms with E-state index >= 15 is 0 Å². The summed E-state index contributed by atoms with van der Waals surface area (Å²) in [6.45, 7) is 3.93. The summed E-state index contributed by atoms with van der Waals surface area (Å²) in [5, 5.41) is 0. The highest BCUT2D eigenvalue weighted by molar-refractivity contribution is 5.64. The molecule has 1 aromatic heterocycles. The van der Waals surface area contributed by atoms with Gasteiger partial charge in [-0.05, 0) is 49.7 Å². The van der Waals surface area contributed by atoms with Crippen molar-refractivity contribution in [2.24, 2.45) is 0 Å². The number of nitrogens with zero attached hydrogens (tertiary/aromatic N) is 1. The molecule has 0 atom stereocenters. The van der Waals surface area contributed by atoms with Crippen molar-refractivity contribution in [3.8, 4) is 17.0 Å². The molecule has 0 saturated heterocycles. The summed E-state index contributed by atoms with van der Waals surface area (Å²) in [6, 6.07) is 9.85. The van der Waals surface area contributed by atoms with Gasteiger partial charge in [-0.25, -0.2) is 0 Å². The molecule has 0 unspecified atom stereocenters. The van der Waals surface area contributed by atoms with Crippen molar-refractivity contribution in [3.05, 3.63) is 41.6 Å². The van der Waals surface area contributed by atoms with Crippen LogP contribution in [0.5, 0.6) is 5.75 Å². The highest BCUT2D eigenvalue weighted by Crippen LogP contribution is 2.25. The van der Waals surface area contributed by atoms with E-state index in [-0.39, 0.29) is 0 Å². The van der Waals surface area contributed by atoms with Gasteiger partial charge in [-0.1, -0.05) is 0 Å². The molecule has 2 aromatic rings. The SMILES string of the molecule is COc1ccc(-c2ccc(N)c(C)n2)cc1C. The van der Waals surface area contributed by atoms with Gasteiger partial charge in [-0.15, -0.1) is 0 Å². The Hall–Kier alpha value is -2.03. The van der Waals surface area contributed by atoms with Gasteiger partial charge in [0.15, 0.2) is 0 Å². The maximum absolute atomic E-state index is 5.76. The first kappa shape index (κ1) is 11.5. The summed E-state index contributed by atoms with van der Waals surface area (Å²) in [5.41, 5.74) is 10.4. The Bertz CT molecular complexity index is 550. The maximum Gasteiger partial charge on any atom is 0.121 e. The van der Waals surface area contributed by atoms with Gasteiger partial charge in [0.05, 0.1) is 24.2 Å². The predicted molar refractivity (Wildman–Crippen MR) is 70.1 cm³/mol. The number of aryl methyl sites for hydroxylation is 2. The Balaban J connectivity index is 2.46. The van der Waals surface area contributed by atoms with Gasteiger partial charge in [-0.2, -0.15) is 0 Å². The molecule has 88 valence electrons. The lowest BCUT2D eigenvalue weighted by Crippen LogP contribution is -1.95. The number of ether oxygens (including phenoxy) is 1. The first-order valence-electron chi connectivity index (χ1n) is 5.50. The molecule has 17 heavy (non-hydrogen) atoms. The number of hydrogen-bond acceptors (Lipinski definition) is 3. The van der Waals surface area contributed by atoms with E-state index in [0.29, 0.717) is 0 Å². The standard InChI is InChI=1S/C14H16N2O/c1-9-8-11(4-7-14(9)17-3)13-6-5-12(15)10(2)16-13/h4-8H,15H2,1-3H3. The Labute approximate surface area is 101 Å². The van der Waals surface area contributed by atoms with Crippen LogP contribution in [-0.2, 0) is 0 Å². The van der Waals surface area contributed by atoms with E-state index in [4.69, 9.17) is 10.5 Å². The highest BCUT2D eigenvalue weighted by atomic mass is 16.5. The average Bonchev–Trinajstić information content (AvgIpc) is 2.32. The number of hydrogen-bond donors (Lipinski definition) is 1. The van der Waals surface area contributed by atoms with Crippen LogP contribution in [0.25, 0.3) is 11.3 Å². The van der Waals surface area contributed by atoms with Crippen LogP contribution in [0.15, 0.2) is 30.3 Å². The Morgan fingerprint density at radius 3 is 2.47 bits per heavy atom. The van der Waals surface area contributed by atoms with E-state index in [1.807, 2.05) is 38.1 Å². The number of anilines is 1. The number of benzene rings is 1. The Morgan fingerprint density at radius 2 is 1.88 bits per heavy atom. The molecule has 2 rings (SSSR count). The molecule has 3 heteroatoms. The zero-order valence-corrected chi connectivity index (χ0v) is 10.3. The molecule has 1 aromatic carbocycles. The lowest BCUT2D eigenvalue weighted by atomic mass is 10.1. The Morgan fingerprint density at radius 1 is 1.12 bits per heavy atom. The van der Waals surface area contributed by atoms with Gasteiger partial charge in [0, 0.05) is 5.56 Å². The highest BCUT2D eigenvalue weighted by Gasteiger charge is 2.04. The molecule has 0 aliphatic carbocycles. The fourth-order valence-electron chi connectivity index (χ4n) is 1.77. The maximum atomic E-state index is 5.76. The molecule has 0 saturated carbocycles. The third-order valence-corrected chi connectivity index (χ3v) is 2.82. The minimum atomic E-state index is 0.721. The third-order valence-electron chi connectivity index (χ3n) is 2.82. The number of rotatable bonds is 2. The van der Waals surface area contributed by atoms with Gasteiger partial charge < -0.3 is 10.5 Å². The number of nitrogen functional groups attached to an aromatic ring is 1. The molecule has 0 fully saturated rings. The molecule has 2 N–H and O–H groups in total. The fourth-order valence-corrected chi connectivity index (χ4v) is 1.77. The van der Waals surface area contributed by atoms with E-state index in [1.165, 1.54) is 0 Å². The normalized spacial score (nSPS) is 10.3. The van der Waals surface area contributed by atoms with Crippen molar-refractivity contribution in [2.75, 3.05) is 12.8 Å².